The summed E-state index contributed by atoms with van der Waals surface area (Å²) < 4.78 is 6.54. The molecule has 6 nitrogen and oxygen atoms in total. The minimum atomic E-state index is -0.760. The number of hydrogen-bond acceptors (Lipinski definition) is 4. The number of rotatable bonds is 3. The minimum absolute atomic E-state index is 0.0493. The number of aromatic nitrogens is 2. The van der Waals surface area contributed by atoms with E-state index in [1.165, 1.54) is 14.2 Å². The summed E-state index contributed by atoms with van der Waals surface area (Å²) in [4.78, 5) is 35.9. The van der Waals surface area contributed by atoms with E-state index in [1.807, 2.05) is 0 Å². The fraction of sp³-hybridized carbons (Fsp3) is 0.214. The zero-order valence-corrected chi connectivity index (χ0v) is 13.3. The molecule has 22 heavy (non-hydrogen) atoms. The van der Waals surface area contributed by atoms with E-state index >= 15 is 0 Å². The smallest absolute Gasteiger partial charge is 0.355 e. The van der Waals surface area contributed by atoms with Gasteiger partial charge < -0.3 is 4.74 Å². The molecule has 0 unspecified atom stereocenters. The minimum Gasteiger partial charge on any atom is -0.464 e. The van der Waals surface area contributed by atoms with Crippen LogP contribution in [0.15, 0.2) is 33.9 Å². The molecule has 0 aliphatic carbocycles. The van der Waals surface area contributed by atoms with Crippen LogP contribution in [0.3, 0.4) is 0 Å². The van der Waals surface area contributed by atoms with Gasteiger partial charge in [0.25, 0.3) is 5.56 Å². The first-order valence-electron chi connectivity index (χ1n) is 6.19. The molecule has 0 saturated heterocycles. The molecule has 0 radical (unpaired) electrons. The number of esters is 1. The molecule has 8 heteroatoms. The van der Waals surface area contributed by atoms with Crippen molar-refractivity contribution in [2.24, 2.45) is 7.05 Å². The topological polar surface area (TPSA) is 70.3 Å². The van der Waals surface area contributed by atoms with Gasteiger partial charge in [0.05, 0.1) is 23.7 Å². The predicted octanol–water partition coefficient (Wildman–Crippen LogP) is 1.69. The molecule has 1 aromatic heterocycles. The molecule has 2 aromatic rings. The molecule has 0 saturated carbocycles. The quantitative estimate of drug-likeness (QED) is 0.796. The molecule has 1 aromatic carbocycles. The van der Waals surface area contributed by atoms with E-state index in [9.17, 15) is 14.4 Å². The van der Waals surface area contributed by atoms with Crippen LogP contribution in [0.5, 0.6) is 0 Å². The van der Waals surface area contributed by atoms with E-state index in [1.54, 1.807) is 18.2 Å². The van der Waals surface area contributed by atoms with E-state index in [2.05, 4.69) is 4.74 Å². The lowest BCUT2D eigenvalue weighted by Gasteiger charge is -2.11. The molecular formula is C14H12Cl2N2O4. The summed E-state index contributed by atoms with van der Waals surface area (Å²) in [6, 6.07) is 5.98. The number of methoxy groups -OCH3 is 1. The maximum atomic E-state index is 12.3. The lowest BCUT2D eigenvalue weighted by atomic mass is 10.2. The van der Waals surface area contributed by atoms with Gasteiger partial charge in [-0.1, -0.05) is 35.3 Å². The Morgan fingerprint density at radius 3 is 2.59 bits per heavy atom. The number of benzene rings is 1. The maximum absolute atomic E-state index is 12.3. The van der Waals surface area contributed by atoms with E-state index in [0.717, 1.165) is 15.2 Å². The Kier molecular flexibility index (Phi) is 4.73. The Balaban J connectivity index is 2.56. The summed E-state index contributed by atoms with van der Waals surface area (Å²) >= 11 is 12.0. The van der Waals surface area contributed by atoms with Crippen molar-refractivity contribution in [3.63, 3.8) is 0 Å². The van der Waals surface area contributed by atoms with Crippen molar-refractivity contribution >= 4 is 29.2 Å². The van der Waals surface area contributed by atoms with Crippen LogP contribution < -0.4 is 11.2 Å². The molecule has 2 rings (SSSR count). The van der Waals surface area contributed by atoms with Crippen molar-refractivity contribution in [3.8, 4) is 0 Å². The number of hydrogen-bond donors (Lipinski definition) is 0. The third kappa shape index (κ3) is 2.93. The Labute approximate surface area is 135 Å². The van der Waals surface area contributed by atoms with Crippen LogP contribution in [0.25, 0.3) is 0 Å². The molecular weight excluding hydrogens is 331 g/mol. The molecule has 0 aliphatic heterocycles. The first-order chi connectivity index (χ1) is 10.4. The molecule has 0 atom stereocenters. The molecule has 1 heterocycles. The maximum Gasteiger partial charge on any atom is 0.355 e. The fourth-order valence-electron chi connectivity index (χ4n) is 1.96. The number of carbonyl (C=O) groups is 1. The molecule has 0 spiro atoms. The molecule has 116 valence electrons. The Morgan fingerprint density at radius 1 is 1.27 bits per heavy atom. The van der Waals surface area contributed by atoms with Crippen molar-refractivity contribution in [1.29, 1.82) is 0 Å². The van der Waals surface area contributed by atoms with Crippen LogP contribution in [0.2, 0.25) is 10.0 Å². The Morgan fingerprint density at radius 2 is 1.95 bits per heavy atom. The SMILES string of the molecule is COC(=O)c1cc(=O)n(Cc2cccc(Cl)c2Cl)c(=O)n1C. The van der Waals surface area contributed by atoms with Crippen LogP contribution in [-0.4, -0.2) is 22.2 Å². The monoisotopic (exact) mass is 342 g/mol. The van der Waals surface area contributed by atoms with Crippen molar-refractivity contribution in [1.82, 2.24) is 9.13 Å². The summed E-state index contributed by atoms with van der Waals surface area (Å²) in [6.07, 6.45) is 0. The third-order valence-electron chi connectivity index (χ3n) is 3.16. The molecule has 0 aliphatic rings. The molecule has 0 fully saturated rings. The predicted molar refractivity (Wildman–Crippen MR) is 82.8 cm³/mol. The van der Waals surface area contributed by atoms with E-state index in [4.69, 9.17) is 23.2 Å². The zero-order chi connectivity index (χ0) is 16.4. The van der Waals surface area contributed by atoms with Crippen LogP contribution in [0.4, 0.5) is 0 Å². The van der Waals surface area contributed by atoms with Gasteiger partial charge in [-0.25, -0.2) is 9.59 Å². The summed E-state index contributed by atoms with van der Waals surface area (Å²) in [5, 5.41) is 0.602. The first-order valence-corrected chi connectivity index (χ1v) is 6.94. The normalized spacial score (nSPS) is 10.5. The van der Waals surface area contributed by atoms with Gasteiger partial charge in [0.1, 0.15) is 5.69 Å². The van der Waals surface area contributed by atoms with Crippen LogP contribution in [-0.2, 0) is 18.3 Å². The molecule has 0 amide bonds. The second-order valence-corrected chi connectivity index (χ2v) is 5.29. The van der Waals surface area contributed by atoms with Crippen molar-refractivity contribution in [2.75, 3.05) is 7.11 Å². The van der Waals surface area contributed by atoms with Gasteiger partial charge in [0.2, 0.25) is 0 Å². The molecule has 0 N–H and O–H groups in total. The van der Waals surface area contributed by atoms with E-state index in [-0.39, 0.29) is 17.3 Å². The highest BCUT2D eigenvalue weighted by Gasteiger charge is 2.16. The van der Waals surface area contributed by atoms with Gasteiger partial charge in [0.15, 0.2) is 0 Å². The van der Waals surface area contributed by atoms with Crippen molar-refractivity contribution in [3.05, 3.63) is 66.4 Å². The van der Waals surface area contributed by atoms with Gasteiger partial charge in [-0.15, -0.1) is 0 Å². The lowest BCUT2D eigenvalue weighted by Crippen LogP contribution is -2.41. The standard InChI is InChI=1S/C14H12Cl2N2O4/c1-17-10(13(20)22-2)6-11(19)18(14(17)21)7-8-4-3-5-9(15)12(8)16/h3-6H,7H2,1-2H3. The molecule has 0 bridgehead atoms. The highest BCUT2D eigenvalue weighted by Crippen LogP contribution is 2.25. The van der Waals surface area contributed by atoms with Gasteiger partial charge in [-0.3, -0.25) is 13.9 Å². The number of carbonyl (C=O) groups excluding carboxylic acids is 1. The van der Waals surface area contributed by atoms with E-state index < -0.39 is 17.2 Å². The summed E-state index contributed by atoms with van der Waals surface area (Å²) in [6.45, 7) is -0.0493. The Hall–Kier alpha value is -2.05. The van der Waals surface area contributed by atoms with Gasteiger partial charge in [0, 0.05) is 13.1 Å². The highest BCUT2D eigenvalue weighted by atomic mass is 35.5. The number of ether oxygens (including phenoxy) is 1. The van der Waals surface area contributed by atoms with Crippen LogP contribution in [0.1, 0.15) is 16.1 Å². The third-order valence-corrected chi connectivity index (χ3v) is 4.02. The highest BCUT2D eigenvalue weighted by molar-refractivity contribution is 6.42. The second kappa shape index (κ2) is 6.37. The van der Waals surface area contributed by atoms with Gasteiger partial charge in [-0.2, -0.15) is 0 Å². The summed E-state index contributed by atoms with van der Waals surface area (Å²) in [5.41, 5.74) is -0.867. The van der Waals surface area contributed by atoms with Crippen molar-refractivity contribution in [2.45, 2.75) is 6.54 Å². The largest absolute Gasteiger partial charge is 0.464 e. The first kappa shape index (κ1) is 16.3. The summed E-state index contributed by atoms with van der Waals surface area (Å²) in [5.74, 6) is -0.760. The second-order valence-electron chi connectivity index (χ2n) is 4.50. The van der Waals surface area contributed by atoms with Crippen molar-refractivity contribution < 1.29 is 9.53 Å². The lowest BCUT2D eigenvalue weighted by molar-refractivity contribution is 0.0587. The van der Waals surface area contributed by atoms with E-state index in [0.29, 0.717) is 10.6 Å². The average Bonchev–Trinajstić information content (AvgIpc) is 2.50. The number of halogens is 2. The zero-order valence-electron chi connectivity index (χ0n) is 11.8. The summed E-state index contributed by atoms with van der Waals surface area (Å²) in [7, 11) is 2.55. The van der Waals surface area contributed by atoms with Gasteiger partial charge >= 0.3 is 11.7 Å². The van der Waals surface area contributed by atoms with Crippen LogP contribution in [0, 0.1) is 0 Å². The van der Waals surface area contributed by atoms with Crippen LogP contribution >= 0.6 is 23.2 Å². The fourth-order valence-corrected chi connectivity index (χ4v) is 2.34. The average molecular weight is 343 g/mol. The number of nitrogens with zero attached hydrogens (tertiary/aromatic N) is 2. The van der Waals surface area contributed by atoms with Gasteiger partial charge in [-0.05, 0) is 11.6 Å². The Bertz CT molecular complexity index is 855.